The van der Waals surface area contributed by atoms with E-state index in [-0.39, 0.29) is 36.1 Å². The van der Waals surface area contributed by atoms with Gasteiger partial charge in [0.15, 0.2) is 0 Å². The molecule has 2 aromatic carbocycles. The number of carbonyl (C=O) groups excluding carboxylic acids is 1. The summed E-state index contributed by atoms with van der Waals surface area (Å²) in [6.45, 7) is 0.543. The van der Waals surface area contributed by atoms with E-state index in [4.69, 9.17) is 4.74 Å². The minimum Gasteiger partial charge on any atom is -0.471 e. The van der Waals surface area contributed by atoms with Gasteiger partial charge in [0.1, 0.15) is 23.8 Å². The third kappa shape index (κ3) is 5.93. The van der Waals surface area contributed by atoms with Crippen molar-refractivity contribution in [3.63, 3.8) is 0 Å². The van der Waals surface area contributed by atoms with Crippen molar-refractivity contribution in [2.45, 2.75) is 57.7 Å². The van der Waals surface area contributed by atoms with Crippen LogP contribution in [-0.2, 0) is 13.2 Å². The molecular weight excluding hydrogens is 412 g/mol. The van der Waals surface area contributed by atoms with Gasteiger partial charge in [-0.1, -0.05) is 49.9 Å². The summed E-state index contributed by atoms with van der Waals surface area (Å²) < 4.78 is 33.9. The number of carbonyl (C=O) groups is 1. The van der Waals surface area contributed by atoms with E-state index in [1.54, 1.807) is 35.1 Å². The lowest BCUT2D eigenvalue weighted by Gasteiger charge is -2.16. The molecule has 7 heteroatoms. The minimum absolute atomic E-state index is 0.149. The number of ether oxygens (including phenoxy) is 1. The highest BCUT2D eigenvalue weighted by Crippen LogP contribution is 2.22. The van der Waals surface area contributed by atoms with Gasteiger partial charge in [-0.2, -0.15) is 0 Å². The van der Waals surface area contributed by atoms with Gasteiger partial charge in [0.25, 0.3) is 5.91 Å². The van der Waals surface area contributed by atoms with Crippen molar-refractivity contribution in [2.24, 2.45) is 0 Å². The normalized spacial score (nSPS) is 14.7. The summed E-state index contributed by atoms with van der Waals surface area (Å²) in [5, 5.41) is 7.59. The molecule has 1 N–H and O–H groups in total. The Morgan fingerprint density at radius 2 is 1.53 bits per heavy atom. The first-order valence-corrected chi connectivity index (χ1v) is 11.1. The second kappa shape index (κ2) is 10.4. The molecule has 3 aromatic rings. The van der Waals surface area contributed by atoms with Gasteiger partial charge in [-0.15, -0.1) is 5.10 Å². The fraction of sp³-hybridized carbons (Fsp3) is 0.360. The van der Waals surface area contributed by atoms with Crippen molar-refractivity contribution < 1.29 is 18.3 Å². The van der Waals surface area contributed by atoms with Crippen LogP contribution in [0.3, 0.4) is 0 Å². The lowest BCUT2D eigenvalue weighted by molar-refractivity contribution is 0.0928. The van der Waals surface area contributed by atoms with Gasteiger partial charge < -0.3 is 10.1 Å². The van der Waals surface area contributed by atoms with Crippen LogP contribution >= 0.6 is 0 Å². The van der Waals surface area contributed by atoms with Crippen molar-refractivity contribution in [3.8, 4) is 5.88 Å². The predicted molar refractivity (Wildman–Crippen MR) is 117 cm³/mol. The fourth-order valence-electron chi connectivity index (χ4n) is 3.94. The van der Waals surface area contributed by atoms with Gasteiger partial charge in [0, 0.05) is 12.2 Å². The molecule has 168 valence electrons. The Labute approximate surface area is 186 Å². The van der Waals surface area contributed by atoms with Crippen molar-refractivity contribution >= 4 is 5.91 Å². The zero-order valence-electron chi connectivity index (χ0n) is 17.9. The summed E-state index contributed by atoms with van der Waals surface area (Å²) in [4.78, 5) is 13.1. The quantitative estimate of drug-likeness (QED) is 0.512. The summed E-state index contributed by atoms with van der Waals surface area (Å²) in [6.07, 6.45) is 8.24. The molecule has 1 aliphatic carbocycles. The van der Waals surface area contributed by atoms with Crippen LogP contribution in [0.25, 0.3) is 0 Å². The number of nitrogens with zero attached hydrogens (tertiary/aromatic N) is 2. The molecule has 1 heterocycles. The van der Waals surface area contributed by atoms with E-state index in [1.165, 1.54) is 37.1 Å². The van der Waals surface area contributed by atoms with Crippen LogP contribution in [0.5, 0.6) is 5.88 Å². The van der Waals surface area contributed by atoms with Crippen LogP contribution in [-0.4, -0.2) is 21.7 Å². The van der Waals surface area contributed by atoms with Gasteiger partial charge in [-0.25, -0.2) is 8.78 Å². The highest BCUT2D eigenvalue weighted by molar-refractivity contribution is 5.96. The molecule has 5 nitrogen and oxygen atoms in total. The average Bonchev–Trinajstić information content (AvgIpc) is 3.01. The summed E-state index contributed by atoms with van der Waals surface area (Å²) >= 11 is 0. The summed E-state index contributed by atoms with van der Waals surface area (Å²) in [6, 6.07) is 12.3. The molecule has 1 amide bonds. The Morgan fingerprint density at radius 3 is 2.16 bits per heavy atom. The molecule has 0 aliphatic heterocycles. The highest BCUT2D eigenvalue weighted by Gasteiger charge is 2.22. The first-order chi connectivity index (χ1) is 15.6. The summed E-state index contributed by atoms with van der Waals surface area (Å²) in [5.41, 5.74) is 1.99. The first kappa shape index (κ1) is 22.0. The molecule has 0 spiro atoms. The lowest BCUT2D eigenvalue weighted by Crippen LogP contribution is -2.34. The van der Waals surface area contributed by atoms with Gasteiger partial charge >= 0.3 is 0 Å². The molecule has 0 bridgehead atoms. The molecule has 1 aromatic heterocycles. The molecule has 0 radical (unpaired) electrons. The molecule has 1 fully saturated rings. The molecule has 0 unspecified atom stereocenters. The maximum atomic E-state index is 13.2. The molecule has 1 saturated carbocycles. The summed E-state index contributed by atoms with van der Waals surface area (Å²) in [5.74, 6) is -0.610. The second-order valence-corrected chi connectivity index (χ2v) is 8.25. The number of rotatable bonds is 7. The van der Waals surface area contributed by atoms with E-state index < -0.39 is 0 Å². The number of halogens is 2. The molecule has 32 heavy (non-hydrogen) atoms. The first-order valence-electron chi connectivity index (χ1n) is 11.1. The van der Waals surface area contributed by atoms with E-state index in [1.807, 2.05) is 0 Å². The van der Waals surface area contributed by atoms with Gasteiger partial charge in [-0.05, 0) is 48.2 Å². The van der Waals surface area contributed by atoms with Crippen LogP contribution in [0, 0.1) is 11.6 Å². The zero-order chi connectivity index (χ0) is 22.3. The Balaban J connectivity index is 1.52. The van der Waals surface area contributed by atoms with E-state index in [0.717, 1.165) is 36.8 Å². The minimum atomic E-state index is -0.319. The summed E-state index contributed by atoms with van der Waals surface area (Å²) in [7, 11) is 0. The highest BCUT2D eigenvalue weighted by atomic mass is 19.1. The fourth-order valence-corrected chi connectivity index (χ4v) is 3.94. The van der Waals surface area contributed by atoms with Crippen LogP contribution in [0.2, 0.25) is 0 Å². The number of hydrogen-bond donors (Lipinski definition) is 1. The lowest BCUT2D eigenvalue weighted by atomic mass is 10.1. The molecule has 0 saturated heterocycles. The number of amides is 1. The number of aromatic nitrogens is 2. The van der Waals surface area contributed by atoms with Crippen LogP contribution in [0.1, 0.15) is 60.0 Å². The topological polar surface area (TPSA) is 56.2 Å². The van der Waals surface area contributed by atoms with Crippen LogP contribution in [0.4, 0.5) is 8.78 Å². The molecule has 4 rings (SSSR count). The SMILES string of the molecule is O=C(NC1CCCCCC1)c1cn(Cc2ccc(F)cc2)nc1OCc1ccc(F)cc1. The van der Waals surface area contributed by atoms with E-state index in [2.05, 4.69) is 10.4 Å². The molecular formula is C25H27F2N3O2. The third-order valence-corrected chi connectivity index (χ3v) is 5.71. The third-order valence-electron chi connectivity index (χ3n) is 5.71. The Bertz CT molecular complexity index is 1020. The monoisotopic (exact) mass is 439 g/mol. The van der Waals surface area contributed by atoms with Crippen LogP contribution in [0.15, 0.2) is 54.7 Å². The van der Waals surface area contributed by atoms with Gasteiger partial charge in [0.2, 0.25) is 5.88 Å². The predicted octanol–water partition coefficient (Wildman–Crippen LogP) is 5.24. The Kier molecular flexibility index (Phi) is 7.14. The van der Waals surface area contributed by atoms with Crippen LogP contribution < -0.4 is 10.1 Å². The Morgan fingerprint density at radius 1 is 0.938 bits per heavy atom. The maximum Gasteiger partial charge on any atom is 0.258 e. The maximum absolute atomic E-state index is 13.2. The van der Waals surface area contributed by atoms with E-state index in [0.29, 0.717) is 12.1 Å². The standard InChI is InChI=1S/C25H27F2N3O2/c26-20-11-7-18(8-12-20)15-30-16-23(24(31)28-22-5-3-1-2-4-6-22)25(29-30)32-17-19-9-13-21(27)14-10-19/h7-14,16,22H,1-6,15,17H2,(H,28,31). The van der Waals surface area contributed by atoms with Crippen molar-refractivity contribution in [1.29, 1.82) is 0 Å². The van der Waals surface area contributed by atoms with Crippen molar-refractivity contribution in [3.05, 3.63) is 83.1 Å². The molecule has 0 atom stereocenters. The molecule has 1 aliphatic rings. The second-order valence-electron chi connectivity index (χ2n) is 8.25. The largest absolute Gasteiger partial charge is 0.471 e. The Hall–Kier alpha value is -3.22. The van der Waals surface area contributed by atoms with E-state index in [9.17, 15) is 13.6 Å². The smallest absolute Gasteiger partial charge is 0.258 e. The van der Waals surface area contributed by atoms with Crippen molar-refractivity contribution in [2.75, 3.05) is 0 Å². The number of benzene rings is 2. The van der Waals surface area contributed by atoms with Gasteiger partial charge in [0.05, 0.1) is 6.54 Å². The van der Waals surface area contributed by atoms with Gasteiger partial charge in [-0.3, -0.25) is 9.48 Å². The number of nitrogens with one attached hydrogen (secondary N) is 1. The van der Waals surface area contributed by atoms with Crippen molar-refractivity contribution in [1.82, 2.24) is 15.1 Å². The van der Waals surface area contributed by atoms with E-state index >= 15 is 0 Å². The zero-order valence-corrected chi connectivity index (χ0v) is 17.9. The average molecular weight is 440 g/mol. The number of hydrogen-bond acceptors (Lipinski definition) is 3.